The standard InChI is InChI=1S/C10H11N3O4S/c1-4-7(10(16)17)9(18-13-4)11-5-2-3-6(14)12-8(5)15/h5,11H,2-3H2,1H3,(H,16,17)(H,12,14,15). The summed E-state index contributed by atoms with van der Waals surface area (Å²) in [6.45, 7) is 1.59. The Morgan fingerprint density at radius 2 is 2.28 bits per heavy atom. The fourth-order valence-electron chi connectivity index (χ4n) is 1.71. The van der Waals surface area contributed by atoms with Crippen molar-refractivity contribution < 1.29 is 19.5 Å². The molecule has 1 atom stereocenters. The van der Waals surface area contributed by atoms with Gasteiger partial charge < -0.3 is 10.4 Å². The summed E-state index contributed by atoms with van der Waals surface area (Å²) in [4.78, 5) is 33.6. The number of anilines is 1. The largest absolute Gasteiger partial charge is 0.478 e. The molecule has 1 saturated heterocycles. The number of hydrogen-bond acceptors (Lipinski definition) is 6. The number of imide groups is 1. The second kappa shape index (κ2) is 4.73. The maximum Gasteiger partial charge on any atom is 0.340 e. The zero-order chi connectivity index (χ0) is 13.3. The molecule has 0 spiro atoms. The number of aryl methyl sites for hydroxylation is 1. The number of rotatable bonds is 3. The summed E-state index contributed by atoms with van der Waals surface area (Å²) in [5, 5.41) is 14.4. The predicted molar refractivity (Wildman–Crippen MR) is 63.6 cm³/mol. The van der Waals surface area contributed by atoms with E-state index in [1.165, 1.54) is 0 Å². The Morgan fingerprint density at radius 1 is 1.56 bits per heavy atom. The third-order valence-electron chi connectivity index (χ3n) is 2.62. The minimum atomic E-state index is -1.09. The molecule has 1 unspecified atom stereocenters. The molecule has 18 heavy (non-hydrogen) atoms. The molecule has 1 aromatic heterocycles. The van der Waals surface area contributed by atoms with E-state index in [4.69, 9.17) is 5.11 Å². The van der Waals surface area contributed by atoms with Crippen molar-refractivity contribution in [1.29, 1.82) is 0 Å². The highest BCUT2D eigenvalue weighted by atomic mass is 32.1. The molecule has 7 nitrogen and oxygen atoms in total. The van der Waals surface area contributed by atoms with Crippen LogP contribution in [0.4, 0.5) is 5.00 Å². The number of carbonyl (C=O) groups is 3. The van der Waals surface area contributed by atoms with E-state index in [1.807, 2.05) is 0 Å². The Balaban J connectivity index is 2.17. The van der Waals surface area contributed by atoms with E-state index < -0.39 is 17.9 Å². The molecular weight excluding hydrogens is 258 g/mol. The van der Waals surface area contributed by atoms with Gasteiger partial charge in [-0.2, -0.15) is 4.37 Å². The van der Waals surface area contributed by atoms with Gasteiger partial charge in [-0.1, -0.05) is 0 Å². The zero-order valence-corrected chi connectivity index (χ0v) is 10.3. The Kier molecular flexibility index (Phi) is 3.28. The third-order valence-corrected chi connectivity index (χ3v) is 3.49. The monoisotopic (exact) mass is 269 g/mol. The molecule has 0 bridgehead atoms. The summed E-state index contributed by atoms with van der Waals surface area (Å²) in [5.41, 5.74) is 0.479. The van der Waals surface area contributed by atoms with Crippen molar-refractivity contribution in [3.8, 4) is 0 Å². The first-order chi connectivity index (χ1) is 8.49. The topological polar surface area (TPSA) is 108 Å². The molecule has 2 amide bonds. The number of piperidine rings is 1. The van der Waals surface area contributed by atoms with Crippen LogP contribution in [0.3, 0.4) is 0 Å². The Bertz CT molecular complexity index is 525. The molecule has 0 aliphatic carbocycles. The molecule has 1 aliphatic rings. The van der Waals surface area contributed by atoms with Gasteiger partial charge in [0.25, 0.3) is 0 Å². The van der Waals surface area contributed by atoms with E-state index in [0.717, 1.165) is 11.5 Å². The van der Waals surface area contributed by atoms with Gasteiger partial charge in [0.1, 0.15) is 16.6 Å². The number of nitrogens with one attached hydrogen (secondary N) is 2. The van der Waals surface area contributed by atoms with Gasteiger partial charge >= 0.3 is 5.97 Å². The predicted octanol–water partition coefficient (Wildman–Crippen LogP) is 0.367. The normalized spacial score (nSPS) is 19.5. The first kappa shape index (κ1) is 12.5. The summed E-state index contributed by atoms with van der Waals surface area (Å²) >= 11 is 0.994. The van der Waals surface area contributed by atoms with Crippen LogP contribution in [0.2, 0.25) is 0 Å². The molecule has 1 aromatic rings. The van der Waals surface area contributed by atoms with Gasteiger partial charge in [-0.25, -0.2) is 4.79 Å². The second-order valence-corrected chi connectivity index (χ2v) is 4.70. The number of aromatic nitrogens is 1. The number of carboxylic acid groups (broad SMARTS) is 1. The summed E-state index contributed by atoms with van der Waals surface area (Å²) in [6, 6.07) is -0.597. The quantitative estimate of drug-likeness (QED) is 0.684. The van der Waals surface area contributed by atoms with Crippen LogP contribution in [0.25, 0.3) is 0 Å². The number of hydrogen-bond donors (Lipinski definition) is 3. The molecule has 3 N–H and O–H groups in total. The Morgan fingerprint density at radius 3 is 2.89 bits per heavy atom. The average Bonchev–Trinajstić information content (AvgIpc) is 2.64. The van der Waals surface area contributed by atoms with Crippen LogP contribution in [0.15, 0.2) is 0 Å². The van der Waals surface area contributed by atoms with E-state index in [1.54, 1.807) is 6.92 Å². The number of carbonyl (C=O) groups excluding carboxylic acids is 2. The minimum Gasteiger partial charge on any atom is -0.478 e. The highest BCUT2D eigenvalue weighted by Crippen LogP contribution is 2.26. The van der Waals surface area contributed by atoms with Crippen LogP contribution >= 0.6 is 11.5 Å². The van der Waals surface area contributed by atoms with Crippen molar-refractivity contribution in [1.82, 2.24) is 9.69 Å². The first-order valence-corrected chi connectivity index (χ1v) is 6.06. The van der Waals surface area contributed by atoms with Crippen LogP contribution in [-0.2, 0) is 9.59 Å². The van der Waals surface area contributed by atoms with Crippen molar-refractivity contribution in [2.45, 2.75) is 25.8 Å². The number of amides is 2. The number of aromatic carboxylic acids is 1. The minimum absolute atomic E-state index is 0.0738. The smallest absolute Gasteiger partial charge is 0.340 e. The Hall–Kier alpha value is -1.96. The molecule has 0 aromatic carbocycles. The highest BCUT2D eigenvalue weighted by molar-refractivity contribution is 7.10. The van der Waals surface area contributed by atoms with Crippen molar-refractivity contribution in [3.63, 3.8) is 0 Å². The van der Waals surface area contributed by atoms with Gasteiger partial charge in [0.15, 0.2) is 0 Å². The van der Waals surface area contributed by atoms with Gasteiger partial charge in [-0.05, 0) is 24.9 Å². The summed E-state index contributed by atoms with van der Waals surface area (Å²) < 4.78 is 3.94. The average molecular weight is 269 g/mol. The van der Waals surface area contributed by atoms with Gasteiger partial charge in [0.2, 0.25) is 11.8 Å². The van der Waals surface area contributed by atoms with Gasteiger partial charge in [-0.3, -0.25) is 14.9 Å². The maximum absolute atomic E-state index is 11.5. The summed E-state index contributed by atoms with van der Waals surface area (Å²) in [6.07, 6.45) is 0.588. The van der Waals surface area contributed by atoms with Crippen LogP contribution in [0.5, 0.6) is 0 Å². The maximum atomic E-state index is 11.5. The van der Waals surface area contributed by atoms with Gasteiger partial charge in [0, 0.05) is 6.42 Å². The highest BCUT2D eigenvalue weighted by Gasteiger charge is 2.28. The molecule has 1 aliphatic heterocycles. The fourth-order valence-corrected chi connectivity index (χ4v) is 2.55. The van der Waals surface area contributed by atoms with E-state index in [9.17, 15) is 14.4 Å². The van der Waals surface area contributed by atoms with E-state index in [2.05, 4.69) is 15.0 Å². The first-order valence-electron chi connectivity index (χ1n) is 5.29. The molecule has 96 valence electrons. The molecule has 2 rings (SSSR count). The molecule has 2 heterocycles. The SMILES string of the molecule is Cc1nsc(NC2CCC(=O)NC2=O)c1C(=O)O. The van der Waals surface area contributed by atoms with Crippen molar-refractivity contribution in [2.24, 2.45) is 0 Å². The number of nitrogens with zero attached hydrogens (tertiary/aromatic N) is 1. The van der Waals surface area contributed by atoms with E-state index in [-0.39, 0.29) is 17.9 Å². The van der Waals surface area contributed by atoms with Crippen molar-refractivity contribution >= 4 is 34.3 Å². The summed E-state index contributed by atoms with van der Waals surface area (Å²) in [7, 11) is 0. The molecule has 8 heteroatoms. The third kappa shape index (κ3) is 2.33. The lowest BCUT2D eigenvalue weighted by Gasteiger charge is -2.22. The van der Waals surface area contributed by atoms with E-state index in [0.29, 0.717) is 17.1 Å². The molecule has 1 fully saturated rings. The van der Waals surface area contributed by atoms with Crippen LogP contribution in [0, 0.1) is 6.92 Å². The second-order valence-electron chi connectivity index (χ2n) is 3.93. The lowest BCUT2D eigenvalue weighted by molar-refractivity contribution is -0.133. The lowest BCUT2D eigenvalue weighted by Crippen LogP contribution is -2.47. The molecule has 0 saturated carbocycles. The summed E-state index contributed by atoms with van der Waals surface area (Å²) in [5.74, 6) is -1.83. The number of carboxylic acids is 1. The van der Waals surface area contributed by atoms with Gasteiger partial charge in [0.05, 0.1) is 5.69 Å². The fraction of sp³-hybridized carbons (Fsp3) is 0.400. The Labute approximate surface area is 106 Å². The molecular formula is C10H11N3O4S. The van der Waals surface area contributed by atoms with Crippen molar-refractivity contribution in [2.75, 3.05) is 5.32 Å². The molecule has 0 radical (unpaired) electrons. The zero-order valence-electron chi connectivity index (χ0n) is 9.52. The van der Waals surface area contributed by atoms with Crippen LogP contribution < -0.4 is 10.6 Å². The van der Waals surface area contributed by atoms with Crippen molar-refractivity contribution in [3.05, 3.63) is 11.3 Å². The van der Waals surface area contributed by atoms with Crippen LogP contribution in [-0.4, -0.2) is 33.3 Å². The van der Waals surface area contributed by atoms with Crippen LogP contribution in [0.1, 0.15) is 28.9 Å². The van der Waals surface area contributed by atoms with Gasteiger partial charge in [-0.15, -0.1) is 0 Å². The lowest BCUT2D eigenvalue weighted by atomic mass is 10.1. The van der Waals surface area contributed by atoms with E-state index >= 15 is 0 Å².